The topological polar surface area (TPSA) is 45.3 Å². The van der Waals surface area contributed by atoms with E-state index in [0.29, 0.717) is 23.9 Å². The molecule has 140 valence electrons. The van der Waals surface area contributed by atoms with Gasteiger partial charge in [0.2, 0.25) is 0 Å². The summed E-state index contributed by atoms with van der Waals surface area (Å²) in [5, 5.41) is 0.671. The first-order chi connectivity index (χ1) is 12.8. The Kier molecular flexibility index (Phi) is 4.09. The highest BCUT2D eigenvalue weighted by Crippen LogP contribution is 2.41. The summed E-state index contributed by atoms with van der Waals surface area (Å²) in [6.45, 7) is 1.21. The fourth-order valence-corrected chi connectivity index (χ4v) is 3.58. The maximum atomic E-state index is 12.6. The summed E-state index contributed by atoms with van der Waals surface area (Å²) in [5.41, 5.74) is 3.40. The Labute approximate surface area is 153 Å². The number of aryl methyl sites for hydroxylation is 1. The number of rotatable bonds is 3. The number of H-pyrrole nitrogens is 1. The first-order valence-electron chi connectivity index (χ1n) is 8.56. The summed E-state index contributed by atoms with van der Waals surface area (Å²) >= 11 is 0. The van der Waals surface area contributed by atoms with Crippen molar-refractivity contribution in [1.82, 2.24) is 4.98 Å². The number of fused-ring (bicyclic) bond motifs is 3. The third-order valence-corrected chi connectivity index (χ3v) is 4.73. The highest BCUT2D eigenvalue weighted by atomic mass is 19.4. The van der Waals surface area contributed by atoms with E-state index in [1.807, 2.05) is 31.2 Å². The molecule has 0 aliphatic carbocycles. The number of hydrogen-bond donors (Lipinski definition) is 1. The van der Waals surface area contributed by atoms with Crippen molar-refractivity contribution in [2.24, 2.45) is 0 Å². The molecule has 4 nitrogen and oxygen atoms in total. The zero-order chi connectivity index (χ0) is 19.2. The van der Waals surface area contributed by atoms with Crippen LogP contribution in [0.3, 0.4) is 0 Å². The van der Waals surface area contributed by atoms with Crippen molar-refractivity contribution >= 4 is 22.3 Å². The molecule has 0 unspecified atom stereocenters. The molecule has 1 aromatic heterocycles. The molecule has 3 aromatic rings. The second-order valence-electron chi connectivity index (χ2n) is 6.55. The standard InChI is InChI=1S/C20H17F3N2O2/c1-12-5-2-3-7-15(12)25-10-9-14-18(25)13-6-4-8-16(17(13)24-19(14)26)27-11-20(21,22)23/h2-8H,9-11H2,1H3,(H,24,26). The van der Waals surface area contributed by atoms with E-state index in [1.165, 1.54) is 6.07 Å². The smallest absolute Gasteiger partial charge is 0.422 e. The molecule has 1 aliphatic rings. The van der Waals surface area contributed by atoms with E-state index in [0.717, 1.165) is 16.9 Å². The summed E-state index contributed by atoms with van der Waals surface area (Å²) in [6.07, 6.45) is -3.88. The van der Waals surface area contributed by atoms with Gasteiger partial charge in [-0.15, -0.1) is 0 Å². The lowest BCUT2D eigenvalue weighted by molar-refractivity contribution is -0.153. The highest BCUT2D eigenvalue weighted by molar-refractivity contribution is 5.99. The van der Waals surface area contributed by atoms with Gasteiger partial charge in [0.1, 0.15) is 5.75 Å². The highest BCUT2D eigenvalue weighted by Gasteiger charge is 2.30. The molecule has 0 amide bonds. The average Bonchev–Trinajstić information content (AvgIpc) is 3.06. The Balaban J connectivity index is 1.89. The number of anilines is 2. The van der Waals surface area contributed by atoms with Crippen molar-refractivity contribution in [3.63, 3.8) is 0 Å². The molecule has 0 fully saturated rings. The maximum Gasteiger partial charge on any atom is 0.422 e. The quantitative estimate of drug-likeness (QED) is 0.736. The Morgan fingerprint density at radius 1 is 1.15 bits per heavy atom. The van der Waals surface area contributed by atoms with E-state index in [1.54, 1.807) is 12.1 Å². The molecule has 0 saturated carbocycles. The Hall–Kier alpha value is -2.96. The van der Waals surface area contributed by atoms with Gasteiger partial charge in [-0.05, 0) is 31.0 Å². The van der Waals surface area contributed by atoms with Gasteiger partial charge in [0.15, 0.2) is 6.61 Å². The second-order valence-corrected chi connectivity index (χ2v) is 6.55. The lowest BCUT2D eigenvalue weighted by Gasteiger charge is -2.23. The number of hydrogen-bond acceptors (Lipinski definition) is 3. The third-order valence-electron chi connectivity index (χ3n) is 4.73. The van der Waals surface area contributed by atoms with E-state index < -0.39 is 12.8 Å². The molecule has 0 spiro atoms. The Bertz CT molecular complexity index is 1070. The summed E-state index contributed by atoms with van der Waals surface area (Å²) in [7, 11) is 0. The van der Waals surface area contributed by atoms with E-state index >= 15 is 0 Å². The summed E-state index contributed by atoms with van der Waals surface area (Å²) < 4.78 is 42.6. The Morgan fingerprint density at radius 3 is 2.67 bits per heavy atom. The number of nitrogens with zero attached hydrogens (tertiary/aromatic N) is 1. The molecule has 0 radical (unpaired) electrons. The monoisotopic (exact) mass is 374 g/mol. The average molecular weight is 374 g/mol. The number of alkyl halides is 3. The van der Waals surface area contributed by atoms with Gasteiger partial charge in [-0.2, -0.15) is 13.2 Å². The van der Waals surface area contributed by atoms with E-state index in [9.17, 15) is 18.0 Å². The minimum absolute atomic E-state index is 0.0151. The van der Waals surface area contributed by atoms with Crippen molar-refractivity contribution in [2.75, 3.05) is 18.1 Å². The van der Waals surface area contributed by atoms with Crippen LogP contribution in [0.2, 0.25) is 0 Å². The van der Waals surface area contributed by atoms with Crippen LogP contribution < -0.4 is 15.2 Å². The molecule has 1 aliphatic heterocycles. The predicted molar refractivity (Wildman–Crippen MR) is 98.0 cm³/mol. The van der Waals surface area contributed by atoms with Crippen molar-refractivity contribution in [2.45, 2.75) is 19.5 Å². The van der Waals surface area contributed by atoms with Crippen LogP contribution in [0.5, 0.6) is 5.75 Å². The van der Waals surface area contributed by atoms with Gasteiger partial charge in [-0.3, -0.25) is 4.79 Å². The number of nitrogens with one attached hydrogen (secondary N) is 1. The first kappa shape index (κ1) is 17.5. The van der Waals surface area contributed by atoms with Crippen molar-refractivity contribution < 1.29 is 17.9 Å². The summed E-state index contributed by atoms with van der Waals surface area (Å²) in [4.78, 5) is 17.3. The van der Waals surface area contributed by atoms with Crippen LogP contribution in [0, 0.1) is 6.92 Å². The Morgan fingerprint density at radius 2 is 1.93 bits per heavy atom. The van der Waals surface area contributed by atoms with Gasteiger partial charge < -0.3 is 14.6 Å². The van der Waals surface area contributed by atoms with Crippen LogP contribution in [-0.2, 0) is 6.42 Å². The second kappa shape index (κ2) is 6.33. The molecule has 0 atom stereocenters. The molecular weight excluding hydrogens is 357 g/mol. The van der Waals surface area contributed by atoms with Crippen LogP contribution in [0.1, 0.15) is 11.1 Å². The molecule has 4 rings (SSSR count). The van der Waals surface area contributed by atoms with Crippen LogP contribution in [0.25, 0.3) is 10.9 Å². The van der Waals surface area contributed by atoms with Crippen molar-refractivity contribution in [3.8, 4) is 5.75 Å². The van der Waals surface area contributed by atoms with Gasteiger partial charge in [-0.1, -0.05) is 30.3 Å². The molecule has 1 N–H and O–H groups in total. The molecular formula is C20H17F3N2O2. The third kappa shape index (κ3) is 3.13. The van der Waals surface area contributed by atoms with Crippen LogP contribution in [0.15, 0.2) is 47.3 Å². The van der Waals surface area contributed by atoms with E-state index in [-0.39, 0.29) is 16.8 Å². The van der Waals surface area contributed by atoms with Gasteiger partial charge in [-0.25, -0.2) is 0 Å². The van der Waals surface area contributed by atoms with Crippen molar-refractivity contribution in [3.05, 3.63) is 63.9 Å². The minimum Gasteiger partial charge on any atom is -0.482 e. The number of aromatic nitrogens is 1. The first-order valence-corrected chi connectivity index (χ1v) is 8.56. The maximum absolute atomic E-state index is 12.6. The fourth-order valence-electron chi connectivity index (χ4n) is 3.58. The molecule has 2 heterocycles. The fraction of sp³-hybridized carbons (Fsp3) is 0.250. The molecule has 2 aromatic carbocycles. The minimum atomic E-state index is -4.45. The van der Waals surface area contributed by atoms with Crippen LogP contribution in [0.4, 0.5) is 24.5 Å². The van der Waals surface area contributed by atoms with Gasteiger partial charge in [0.25, 0.3) is 5.56 Å². The number of halogens is 3. The molecule has 27 heavy (non-hydrogen) atoms. The SMILES string of the molecule is Cc1ccccc1N1CCc2c1c1cccc(OCC(F)(F)F)c1[nH]c2=O. The molecule has 7 heteroatoms. The summed E-state index contributed by atoms with van der Waals surface area (Å²) in [5.74, 6) is 0.0151. The number of para-hydroxylation sites is 2. The number of pyridine rings is 1. The van der Waals surface area contributed by atoms with Gasteiger partial charge in [0, 0.05) is 23.2 Å². The lowest BCUT2D eigenvalue weighted by atomic mass is 10.1. The van der Waals surface area contributed by atoms with Gasteiger partial charge >= 0.3 is 6.18 Å². The number of aromatic amines is 1. The number of benzene rings is 2. The lowest BCUT2D eigenvalue weighted by Crippen LogP contribution is -2.20. The zero-order valence-corrected chi connectivity index (χ0v) is 14.6. The largest absolute Gasteiger partial charge is 0.482 e. The van der Waals surface area contributed by atoms with E-state index in [4.69, 9.17) is 4.74 Å². The van der Waals surface area contributed by atoms with E-state index in [2.05, 4.69) is 9.88 Å². The predicted octanol–water partition coefficient (Wildman–Crippen LogP) is 4.47. The number of ether oxygens (including phenoxy) is 1. The van der Waals surface area contributed by atoms with Gasteiger partial charge in [0.05, 0.1) is 11.2 Å². The molecule has 0 bridgehead atoms. The normalized spacial score (nSPS) is 13.9. The zero-order valence-electron chi connectivity index (χ0n) is 14.6. The van der Waals surface area contributed by atoms with Crippen LogP contribution in [-0.4, -0.2) is 24.3 Å². The van der Waals surface area contributed by atoms with Crippen LogP contribution >= 0.6 is 0 Å². The molecule has 0 saturated heterocycles. The summed E-state index contributed by atoms with van der Waals surface area (Å²) in [6, 6.07) is 12.7. The van der Waals surface area contributed by atoms with Crippen molar-refractivity contribution in [1.29, 1.82) is 0 Å².